The van der Waals surface area contributed by atoms with E-state index in [-0.39, 0.29) is 12.4 Å². The number of aromatic nitrogens is 2. The Morgan fingerprint density at radius 2 is 2.05 bits per heavy atom. The number of ether oxygens (including phenoxy) is 1. The maximum Gasteiger partial charge on any atom is 0.573 e. The zero-order valence-corrected chi connectivity index (χ0v) is 11.1. The third kappa shape index (κ3) is 3.22. The SMILES string of the molecule is CC(C)Cn1ncc2cc(OC(F)(F)F)cc(CO)c21. The van der Waals surface area contributed by atoms with Crippen molar-refractivity contribution >= 4 is 10.9 Å². The van der Waals surface area contributed by atoms with Crippen LogP contribution in [0.15, 0.2) is 18.3 Å². The van der Waals surface area contributed by atoms with Gasteiger partial charge in [0.25, 0.3) is 0 Å². The molecule has 1 N–H and O–H groups in total. The maximum absolute atomic E-state index is 12.2. The average molecular weight is 288 g/mol. The van der Waals surface area contributed by atoms with E-state index in [4.69, 9.17) is 0 Å². The first-order valence-corrected chi connectivity index (χ1v) is 6.15. The van der Waals surface area contributed by atoms with Crippen LogP contribution in [0.3, 0.4) is 0 Å². The van der Waals surface area contributed by atoms with Gasteiger partial charge in [0, 0.05) is 17.5 Å². The first kappa shape index (κ1) is 14.6. The lowest BCUT2D eigenvalue weighted by Crippen LogP contribution is -2.17. The molecule has 0 spiro atoms. The van der Waals surface area contributed by atoms with Crippen LogP contribution in [0.4, 0.5) is 13.2 Å². The van der Waals surface area contributed by atoms with Crippen LogP contribution in [0.25, 0.3) is 10.9 Å². The summed E-state index contributed by atoms with van der Waals surface area (Å²) in [6.07, 6.45) is -3.28. The van der Waals surface area contributed by atoms with Crippen molar-refractivity contribution in [2.75, 3.05) is 0 Å². The molecule has 0 radical (unpaired) electrons. The Morgan fingerprint density at radius 1 is 1.35 bits per heavy atom. The highest BCUT2D eigenvalue weighted by molar-refractivity contribution is 5.83. The van der Waals surface area contributed by atoms with Crippen molar-refractivity contribution in [1.82, 2.24) is 9.78 Å². The quantitative estimate of drug-likeness (QED) is 0.940. The van der Waals surface area contributed by atoms with Crippen molar-refractivity contribution in [3.63, 3.8) is 0 Å². The first-order valence-electron chi connectivity index (χ1n) is 6.15. The first-order chi connectivity index (χ1) is 9.30. The smallest absolute Gasteiger partial charge is 0.406 e. The Morgan fingerprint density at radius 3 is 2.60 bits per heavy atom. The topological polar surface area (TPSA) is 47.3 Å². The fraction of sp³-hybridized carbons (Fsp3) is 0.462. The van der Waals surface area contributed by atoms with Gasteiger partial charge in [0.15, 0.2) is 0 Å². The molecule has 2 aromatic rings. The van der Waals surface area contributed by atoms with Gasteiger partial charge in [-0.2, -0.15) is 5.10 Å². The van der Waals surface area contributed by atoms with Crippen LogP contribution in [0.5, 0.6) is 5.75 Å². The Bertz CT molecular complexity index is 605. The predicted molar refractivity (Wildman–Crippen MR) is 67.2 cm³/mol. The molecule has 1 aromatic carbocycles. The number of rotatable bonds is 4. The second-order valence-corrected chi connectivity index (χ2v) is 4.95. The molecule has 2 rings (SSSR count). The van der Waals surface area contributed by atoms with Gasteiger partial charge in [-0.25, -0.2) is 0 Å². The van der Waals surface area contributed by atoms with E-state index >= 15 is 0 Å². The highest BCUT2D eigenvalue weighted by Crippen LogP contribution is 2.29. The molecule has 0 bridgehead atoms. The molecule has 1 aromatic heterocycles. The third-order valence-corrected chi connectivity index (χ3v) is 2.73. The number of fused-ring (bicyclic) bond motifs is 1. The van der Waals surface area contributed by atoms with E-state index in [1.54, 1.807) is 4.68 Å². The molecule has 20 heavy (non-hydrogen) atoms. The zero-order valence-electron chi connectivity index (χ0n) is 11.1. The largest absolute Gasteiger partial charge is 0.573 e. The number of nitrogens with zero attached hydrogens (tertiary/aromatic N) is 2. The van der Waals surface area contributed by atoms with E-state index in [0.29, 0.717) is 28.9 Å². The lowest BCUT2D eigenvalue weighted by molar-refractivity contribution is -0.274. The van der Waals surface area contributed by atoms with Crippen LogP contribution in [-0.4, -0.2) is 21.2 Å². The number of aliphatic hydroxyl groups is 1. The number of alkyl halides is 3. The van der Waals surface area contributed by atoms with Crippen molar-refractivity contribution in [2.24, 2.45) is 5.92 Å². The summed E-state index contributed by atoms with van der Waals surface area (Å²) in [5, 5.41) is 14.0. The van der Waals surface area contributed by atoms with Crippen LogP contribution in [-0.2, 0) is 13.2 Å². The minimum atomic E-state index is -4.76. The summed E-state index contributed by atoms with van der Waals surface area (Å²) in [5.41, 5.74) is 0.996. The zero-order chi connectivity index (χ0) is 14.9. The number of hydrogen-bond donors (Lipinski definition) is 1. The minimum absolute atomic E-state index is 0.329. The molecule has 0 unspecified atom stereocenters. The molecular weight excluding hydrogens is 273 g/mol. The lowest BCUT2D eigenvalue weighted by atomic mass is 10.1. The van der Waals surface area contributed by atoms with Crippen molar-refractivity contribution in [2.45, 2.75) is 33.4 Å². The van der Waals surface area contributed by atoms with Crippen molar-refractivity contribution in [1.29, 1.82) is 0 Å². The summed E-state index contributed by atoms with van der Waals surface area (Å²) >= 11 is 0. The molecule has 0 aliphatic carbocycles. The highest BCUT2D eigenvalue weighted by Gasteiger charge is 2.31. The summed E-state index contributed by atoms with van der Waals surface area (Å²) in [7, 11) is 0. The summed E-state index contributed by atoms with van der Waals surface area (Å²) in [4.78, 5) is 0. The molecule has 0 amide bonds. The standard InChI is InChI=1S/C13H15F3N2O2/c1-8(2)6-18-12-9(5-17-18)3-11(4-10(12)7-19)20-13(14,15)16/h3-5,8,19H,6-7H2,1-2H3. The molecule has 0 aliphatic heterocycles. The second-order valence-electron chi connectivity index (χ2n) is 4.95. The molecule has 110 valence electrons. The van der Waals surface area contributed by atoms with Crippen molar-refractivity contribution < 1.29 is 23.0 Å². The molecule has 4 nitrogen and oxygen atoms in total. The van der Waals surface area contributed by atoms with Gasteiger partial charge in [0.2, 0.25) is 0 Å². The Kier molecular flexibility index (Phi) is 3.89. The van der Waals surface area contributed by atoms with E-state index in [2.05, 4.69) is 9.84 Å². The summed E-state index contributed by atoms with van der Waals surface area (Å²) in [6.45, 7) is 4.26. The third-order valence-electron chi connectivity index (χ3n) is 2.73. The van der Waals surface area contributed by atoms with E-state index in [0.717, 1.165) is 0 Å². The van der Waals surface area contributed by atoms with Crippen LogP contribution in [0, 0.1) is 5.92 Å². The number of aliphatic hydroxyl groups excluding tert-OH is 1. The van der Waals surface area contributed by atoms with Gasteiger partial charge >= 0.3 is 6.36 Å². The minimum Gasteiger partial charge on any atom is -0.406 e. The maximum atomic E-state index is 12.2. The molecule has 0 atom stereocenters. The van der Waals surface area contributed by atoms with Crippen LogP contribution >= 0.6 is 0 Å². The monoisotopic (exact) mass is 288 g/mol. The molecular formula is C13H15F3N2O2. The Labute approximate surface area is 113 Å². The van der Waals surface area contributed by atoms with E-state index in [1.807, 2.05) is 13.8 Å². The number of halogens is 3. The summed E-state index contributed by atoms with van der Waals surface area (Å²) in [5.74, 6) is -0.0195. The highest BCUT2D eigenvalue weighted by atomic mass is 19.4. The molecule has 1 heterocycles. The molecule has 0 fully saturated rings. The molecule has 0 saturated heterocycles. The van der Waals surface area contributed by atoms with Crippen LogP contribution < -0.4 is 4.74 Å². The van der Waals surface area contributed by atoms with Crippen molar-refractivity contribution in [3.05, 3.63) is 23.9 Å². The Hall–Kier alpha value is -1.76. The Balaban J connectivity index is 2.49. The van der Waals surface area contributed by atoms with Gasteiger partial charge in [0.05, 0.1) is 18.3 Å². The van der Waals surface area contributed by atoms with E-state index in [1.165, 1.54) is 18.3 Å². The fourth-order valence-corrected chi connectivity index (χ4v) is 2.09. The average Bonchev–Trinajstić information content (AvgIpc) is 2.68. The molecule has 0 saturated carbocycles. The predicted octanol–water partition coefficient (Wildman–Crippen LogP) is 3.08. The molecule has 7 heteroatoms. The van der Waals surface area contributed by atoms with Gasteiger partial charge in [-0.15, -0.1) is 13.2 Å². The molecule has 0 aliphatic rings. The van der Waals surface area contributed by atoms with Gasteiger partial charge in [-0.3, -0.25) is 4.68 Å². The van der Waals surface area contributed by atoms with Gasteiger partial charge in [-0.1, -0.05) is 13.8 Å². The fourth-order valence-electron chi connectivity index (χ4n) is 2.09. The number of benzene rings is 1. The van der Waals surface area contributed by atoms with Gasteiger partial charge < -0.3 is 9.84 Å². The summed E-state index contributed by atoms with van der Waals surface area (Å²) < 4.78 is 42.3. The lowest BCUT2D eigenvalue weighted by Gasteiger charge is -2.12. The normalized spacial score (nSPS) is 12.3. The summed E-state index contributed by atoms with van der Waals surface area (Å²) in [6, 6.07) is 2.46. The van der Waals surface area contributed by atoms with Gasteiger partial charge in [0.1, 0.15) is 5.75 Å². The van der Waals surface area contributed by atoms with E-state index < -0.39 is 6.36 Å². The van der Waals surface area contributed by atoms with Crippen LogP contribution in [0.2, 0.25) is 0 Å². The van der Waals surface area contributed by atoms with E-state index in [9.17, 15) is 18.3 Å². The van der Waals surface area contributed by atoms with Crippen LogP contribution in [0.1, 0.15) is 19.4 Å². The van der Waals surface area contributed by atoms with Crippen molar-refractivity contribution in [3.8, 4) is 5.75 Å². The second kappa shape index (κ2) is 5.32. The van der Waals surface area contributed by atoms with Gasteiger partial charge in [-0.05, 0) is 18.1 Å². The number of hydrogen-bond acceptors (Lipinski definition) is 3.